The highest BCUT2D eigenvalue weighted by molar-refractivity contribution is 8.21. The summed E-state index contributed by atoms with van der Waals surface area (Å²) in [6.45, 7) is -0.287. The van der Waals surface area contributed by atoms with Crippen molar-refractivity contribution in [3.05, 3.63) is 23.5 Å². The molecule has 3 aliphatic rings. The van der Waals surface area contributed by atoms with Crippen molar-refractivity contribution < 1.29 is 14.3 Å². The number of carbonyl (C=O) groups is 2. The lowest BCUT2D eigenvalue weighted by atomic mass is 9.67. The fourth-order valence-corrected chi connectivity index (χ4v) is 8.83. The maximum atomic E-state index is 12.6. The van der Waals surface area contributed by atoms with E-state index in [1.165, 1.54) is 30.8 Å². The third-order valence-corrected chi connectivity index (χ3v) is 10.2. The first kappa shape index (κ1) is 19.4. The van der Waals surface area contributed by atoms with Gasteiger partial charge in [0.15, 0.2) is 11.8 Å². The summed E-state index contributed by atoms with van der Waals surface area (Å²) in [6.07, 6.45) is 7.03. The number of esters is 1. The Hall–Kier alpha value is -0.920. The Morgan fingerprint density at radius 2 is 1.96 bits per heavy atom. The number of aromatic nitrogens is 1. The smallest absolute Gasteiger partial charge is 0.309 e. The molecule has 3 atom stereocenters. The maximum Gasteiger partial charge on any atom is 0.309 e. The van der Waals surface area contributed by atoms with Crippen molar-refractivity contribution in [2.45, 2.75) is 36.2 Å². The van der Waals surface area contributed by atoms with E-state index in [9.17, 15) is 9.59 Å². The van der Waals surface area contributed by atoms with Crippen LogP contribution in [0.4, 0.5) is 5.69 Å². The van der Waals surface area contributed by atoms with Crippen molar-refractivity contribution in [1.29, 1.82) is 0 Å². The first-order valence-electron chi connectivity index (χ1n) is 9.43. The second kappa shape index (κ2) is 8.21. The molecular weight excluding hydrogens is 404 g/mol. The van der Waals surface area contributed by atoms with Crippen LogP contribution >= 0.6 is 35.1 Å². The zero-order valence-electron chi connectivity index (χ0n) is 15.0. The predicted molar refractivity (Wildman–Crippen MR) is 110 cm³/mol. The van der Waals surface area contributed by atoms with Crippen molar-refractivity contribution in [3.8, 4) is 0 Å². The normalized spacial score (nSPS) is 28.7. The second-order valence-electron chi connectivity index (χ2n) is 7.41. The van der Waals surface area contributed by atoms with E-state index in [1.54, 1.807) is 18.3 Å². The van der Waals surface area contributed by atoms with E-state index in [0.717, 1.165) is 12.8 Å². The number of anilines is 1. The molecule has 4 rings (SSSR count). The number of nitrogens with zero attached hydrogens (tertiary/aromatic N) is 1. The molecule has 8 heteroatoms. The van der Waals surface area contributed by atoms with Crippen LogP contribution in [0.5, 0.6) is 0 Å². The Morgan fingerprint density at radius 3 is 2.63 bits per heavy atom. The van der Waals surface area contributed by atoms with Gasteiger partial charge in [-0.25, -0.2) is 4.98 Å². The lowest BCUT2D eigenvalue weighted by molar-refractivity contribution is -0.154. The number of rotatable bonds is 4. The highest BCUT2D eigenvalue weighted by atomic mass is 35.5. The van der Waals surface area contributed by atoms with E-state index in [2.05, 4.69) is 33.8 Å². The van der Waals surface area contributed by atoms with Gasteiger partial charge in [-0.15, -0.1) is 23.5 Å². The zero-order valence-corrected chi connectivity index (χ0v) is 17.4. The Morgan fingerprint density at radius 1 is 1.26 bits per heavy atom. The van der Waals surface area contributed by atoms with Crippen molar-refractivity contribution in [2.24, 2.45) is 17.8 Å². The molecule has 2 aliphatic carbocycles. The number of hydrogen-bond donors (Lipinski definition) is 1. The number of amides is 1. The topological polar surface area (TPSA) is 68.3 Å². The largest absolute Gasteiger partial charge is 0.455 e. The van der Waals surface area contributed by atoms with E-state index in [4.69, 9.17) is 16.3 Å². The van der Waals surface area contributed by atoms with Gasteiger partial charge in [0.1, 0.15) is 0 Å². The quantitative estimate of drug-likeness (QED) is 0.574. The summed E-state index contributed by atoms with van der Waals surface area (Å²) in [6, 6.07) is 3.34. The molecule has 27 heavy (non-hydrogen) atoms. The monoisotopic (exact) mass is 426 g/mol. The highest BCUT2D eigenvalue weighted by Gasteiger charge is 2.55. The number of nitrogens with one attached hydrogen (secondary N) is 1. The zero-order chi connectivity index (χ0) is 18.9. The molecular formula is C19H23ClN2O3S2. The molecule has 1 unspecified atom stereocenters. The number of thioether (sulfide) groups is 2. The fourth-order valence-electron chi connectivity index (χ4n) is 4.72. The lowest BCUT2D eigenvalue weighted by Gasteiger charge is -2.51. The Bertz CT molecular complexity index is 711. The van der Waals surface area contributed by atoms with Gasteiger partial charge in [0, 0.05) is 17.7 Å². The molecule has 1 amide bonds. The summed E-state index contributed by atoms with van der Waals surface area (Å²) in [5.74, 6) is 2.91. The molecule has 0 aromatic carbocycles. The van der Waals surface area contributed by atoms with Crippen LogP contribution in [0.3, 0.4) is 0 Å². The molecule has 1 aromatic rings. The first-order chi connectivity index (χ1) is 13.1. The van der Waals surface area contributed by atoms with Gasteiger partial charge in [-0.1, -0.05) is 18.0 Å². The molecule has 1 aromatic heterocycles. The average Bonchev–Trinajstić information content (AvgIpc) is 3.11. The Kier molecular flexibility index (Phi) is 5.90. The van der Waals surface area contributed by atoms with Crippen LogP contribution in [-0.2, 0) is 14.3 Å². The van der Waals surface area contributed by atoms with E-state index in [-0.39, 0.29) is 23.6 Å². The number of ether oxygens (including phenoxy) is 1. The van der Waals surface area contributed by atoms with Crippen LogP contribution in [0, 0.1) is 17.8 Å². The third-order valence-electron chi connectivity index (χ3n) is 5.83. The minimum Gasteiger partial charge on any atom is -0.455 e. The lowest BCUT2D eigenvalue weighted by Crippen LogP contribution is -2.48. The molecule has 2 saturated carbocycles. The van der Waals surface area contributed by atoms with E-state index >= 15 is 0 Å². The van der Waals surface area contributed by atoms with Crippen molar-refractivity contribution >= 4 is 52.7 Å². The summed E-state index contributed by atoms with van der Waals surface area (Å²) >= 11 is 10.2. The van der Waals surface area contributed by atoms with Gasteiger partial charge < -0.3 is 10.1 Å². The molecule has 2 heterocycles. The van der Waals surface area contributed by atoms with E-state index in [1.807, 2.05) is 0 Å². The fraction of sp³-hybridized carbons (Fsp3) is 0.632. The summed E-state index contributed by atoms with van der Waals surface area (Å²) in [5.41, 5.74) is 0.421. The SMILES string of the molecule is O=C(COC(=O)C1C[C@H]2CCC[C@@H](C1)C21SCCS1)Nc1cccnc1Cl. The Labute approximate surface area is 172 Å². The number of pyridine rings is 1. The number of hydrogen-bond acceptors (Lipinski definition) is 6. The minimum atomic E-state index is -0.396. The predicted octanol–water partition coefficient (Wildman–Crippen LogP) is 4.22. The standard InChI is InChI=1S/C19H23ClN2O3S2/c20-17-15(5-2-6-21-17)22-16(23)11-25-18(24)12-9-13-3-1-4-14(10-12)19(13)26-7-8-27-19/h2,5-6,12-14H,1,3-4,7-11H2,(H,22,23)/t12?,13-,14+. The van der Waals surface area contributed by atoms with Gasteiger partial charge >= 0.3 is 5.97 Å². The van der Waals surface area contributed by atoms with Crippen molar-refractivity contribution in [1.82, 2.24) is 4.98 Å². The van der Waals surface area contributed by atoms with Gasteiger partial charge in [0.25, 0.3) is 5.91 Å². The van der Waals surface area contributed by atoms with Crippen LogP contribution in [0.25, 0.3) is 0 Å². The minimum absolute atomic E-state index is 0.0810. The third kappa shape index (κ3) is 3.96. The molecule has 5 nitrogen and oxygen atoms in total. The van der Waals surface area contributed by atoms with E-state index < -0.39 is 5.91 Å². The molecule has 1 saturated heterocycles. The van der Waals surface area contributed by atoms with Crippen molar-refractivity contribution in [2.75, 3.05) is 23.4 Å². The van der Waals surface area contributed by atoms with Gasteiger partial charge in [-0.05, 0) is 49.7 Å². The van der Waals surface area contributed by atoms with Gasteiger partial charge in [0.05, 0.1) is 15.7 Å². The second-order valence-corrected chi connectivity index (χ2v) is 10.8. The molecule has 1 spiro atoms. The summed E-state index contributed by atoms with van der Waals surface area (Å²) in [5, 5.41) is 2.85. The van der Waals surface area contributed by atoms with Crippen LogP contribution in [0.15, 0.2) is 18.3 Å². The van der Waals surface area contributed by atoms with E-state index in [0.29, 0.717) is 21.6 Å². The molecule has 1 aliphatic heterocycles. The maximum absolute atomic E-state index is 12.6. The van der Waals surface area contributed by atoms with Gasteiger partial charge in [-0.2, -0.15) is 0 Å². The summed E-state index contributed by atoms with van der Waals surface area (Å²) in [4.78, 5) is 28.6. The number of halogens is 1. The van der Waals surface area contributed by atoms with Crippen molar-refractivity contribution in [3.63, 3.8) is 0 Å². The van der Waals surface area contributed by atoms with Crippen LogP contribution in [0.1, 0.15) is 32.1 Å². The first-order valence-corrected chi connectivity index (χ1v) is 11.8. The van der Waals surface area contributed by atoms with Gasteiger partial charge in [-0.3, -0.25) is 9.59 Å². The Balaban J connectivity index is 1.32. The van der Waals surface area contributed by atoms with Crippen LogP contribution in [-0.4, -0.2) is 39.1 Å². The highest BCUT2D eigenvalue weighted by Crippen LogP contribution is 2.64. The van der Waals surface area contributed by atoms with Crippen LogP contribution in [0.2, 0.25) is 5.15 Å². The number of carbonyl (C=O) groups excluding carboxylic acids is 2. The molecule has 2 bridgehead atoms. The average molecular weight is 427 g/mol. The van der Waals surface area contributed by atoms with Crippen LogP contribution < -0.4 is 5.32 Å². The molecule has 1 N–H and O–H groups in total. The molecule has 146 valence electrons. The molecule has 0 radical (unpaired) electrons. The summed E-state index contributed by atoms with van der Waals surface area (Å²) < 4.78 is 5.68. The van der Waals surface area contributed by atoms with Gasteiger partial charge in [0.2, 0.25) is 0 Å². The summed E-state index contributed by atoms with van der Waals surface area (Å²) in [7, 11) is 0. The molecule has 3 fully saturated rings.